The van der Waals surface area contributed by atoms with Crippen LogP contribution in [0, 0.1) is 0 Å². The van der Waals surface area contributed by atoms with Crippen LogP contribution in [-0.4, -0.2) is 28.9 Å². The van der Waals surface area contributed by atoms with Crippen molar-refractivity contribution in [1.82, 2.24) is 10.6 Å². The van der Waals surface area contributed by atoms with E-state index < -0.39 is 24.0 Å². The van der Waals surface area contributed by atoms with E-state index >= 15 is 0 Å². The molecular weight excluding hydrogens is 252 g/mol. The summed E-state index contributed by atoms with van der Waals surface area (Å²) in [5, 5.41) is 3.29. The van der Waals surface area contributed by atoms with Gasteiger partial charge in [0.15, 0.2) is 0 Å². The van der Waals surface area contributed by atoms with Crippen molar-refractivity contribution in [3.05, 3.63) is 0 Å². The number of carbonyl (C=O) groups is 4. The van der Waals surface area contributed by atoms with Crippen LogP contribution in [0.1, 0.15) is 6.92 Å². The molecule has 0 aliphatic carbocycles. The van der Waals surface area contributed by atoms with Crippen LogP contribution in [0.25, 0.3) is 0 Å². The van der Waals surface area contributed by atoms with Crippen LogP contribution in [0.3, 0.4) is 0 Å². The summed E-state index contributed by atoms with van der Waals surface area (Å²) in [5.41, 5.74) is 0. The van der Waals surface area contributed by atoms with Gasteiger partial charge in [0, 0.05) is 0 Å². The molecule has 0 aliphatic rings. The first-order valence-corrected chi connectivity index (χ1v) is 4.02. The molecule has 0 spiro atoms. The van der Waals surface area contributed by atoms with Gasteiger partial charge in [0.05, 0.1) is 0 Å². The molecule has 15 heavy (non-hydrogen) atoms. The molecule has 0 bridgehead atoms. The molecule has 0 rings (SSSR count). The van der Waals surface area contributed by atoms with Crippen molar-refractivity contribution in [3.63, 3.8) is 0 Å². The average Bonchev–Trinajstić information content (AvgIpc) is 2.13. The van der Waals surface area contributed by atoms with Crippen LogP contribution in [0.15, 0.2) is 0 Å². The van der Waals surface area contributed by atoms with E-state index in [2.05, 4.69) is 25.4 Å². The average molecular weight is 258 g/mol. The summed E-state index contributed by atoms with van der Waals surface area (Å²) < 4.78 is 0. The molecule has 0 aromatic carbocycles. The van der Waals surface area contributed by atoms with Gasteiger partial charge < -0.3 is 0 Å². The first-order valence-electron chi connectivity index (χ1n) is 3.38. The van der Waals surface area contributed by atoms with Crippen molar-refractivity contribution in [2.24, 2.45) is 0 Å². The Hall–Kier alpha value is -1.73. The van der Waals surface area contributed by atoms with Gasteiger partial charge in [-0.05, 0) is 0 Å². The maximum atomic E-state index is 10.6. The summed E-state index contributed by atoms with van der Waals surface area (Å²) in [6, 6.07) is 0. The predicted molar refractivity (Wildman–Crippen MR) is 41.0 cm³/mol. The molecule has 0 aromatic heterocycles. The summed E-state index contributed by atoms with van der Waals surface area (Å²) in [6.07, 6.45) is -2.58. The van der Waals surface area contributed by atoms with Gasteiger partial charge in [-0.25, -0.2) is 0 Å². The Bertz CT molecular complexity index is 315. The van der Waals surface area contributed by atoms with Crippen LogP contribution < -0.4 is 10.6 Å². The number of amides is 4. The summed E-state index contributed by atoms with van der Waals surface area (Å²) in [5.74, 6) is -1.51. The Morgan fingerprint density at radius 3 is 1.93 bits per heavy atom. The normalized spacial score (nSPS) is 8.33. The van der Waals surface area contributed by atoms with Crippen molar-refractivity contribution in [2.45, 2.75) is 6.92 Å². The Labute approximate surface area is 91.6 Å². The predicted octanol–water partition coefficient (Wildman–Crippen LogP) is -1.22. The van der Waals surface area contributed by atoms with Gasteiger partial charge >= 0.3 is 91.0 Å². The SMILES string of the molecule is CC(=O)NC(=O)OOC(=O)NC(=O)[CH]=[Fe+]. The Balaban J connectivity index is 3.80. The topological polar surface area (TPSA) is 111 Å². The van der Waals surface area contributed by atoms with Crippen molar-refractivity contribution in [3.8, 4) is 0 Å². The summed E-state index contributed by atoms with van der Waals surface area (Å²) in [7, 11) is 0. The molecule has 8 nitrogen and oxygen atoms in total. The quantitative estimate of drug-likeness (QED) is 0.346. The van der Waals surface area contributed by atoms with Gasteiger partial charge in [0.1, 0.15) is 0 Å². The fourth-order valence-corrected chi connectivity index (χ4v) is 0.467. The van der Waals surface area contributed by atoms with E-state index in [0.717, 1.165) is 11.8 Å². The van der Waals surface area contributed by atoms with Crippen molar-refractivity contribution >= 4 is 28.9 Å². The third-order valence-electron chi connectivity index (χ3n) is 0.789. The molecule has 0 saturated carbocycles. The third-order valence-corrected chi connectivity index (χ3v) is 1.08. The van der Waals surface area contributed by atoms with Crippen LogP contribution in [0.2, 0.25) is 0 Å². The molecule has 0 aromatic rings. The first kappa shape index (κ1) is 13.3. The van der Waals surface area contributed by atoms with E-state index in [-0.39, 0.29) is 0 Å². The van der Waals surface area contributed by atoms with Gasteiger partial charge in [0.25, 0.3) is 0 Å². The molecule has 0 unspecified atom stereocenters. The molecule has 0 radical (unpaired) electrons. The second-order valence-electron chi connectivity index (χ2n) is 2.01. The molecule has 0 aliphatic heterocycles. The number of carbonyl (C=O) groups excluding carboxylic acids is 4. The molecule has 4 amide bonds. The van der Waals surface area contributed by atoms with E-state index in [1.165, 1.54) is 0 Å². The molecular formula is C6H6FeN2O6+. The third kappa shape index (κ3) is 7.35. The van der Waals surface area contributed by atoms with Crippen molar-refractivity contribution in [1.29, 1.82) is 0 Å². The van der Waals surface area contributed by atoms with E-state index in [4.69, 9.17) is 0 Å². The minimum atomic E-state index is -1.31. The standard InChI is InChI=1S/C6H6N2O6.Fe/c1-3(9)7-5(11)13-14-6(12)8-4(2)10;/h1H,2H3,(H,7,9,11)(H,8,10,12);/q;+1. The van der Waals surface area contributed by atoms with E-state index in [1.54, 1.807) is 10.6 Å². The van der Waals surface area contributed by atoms with E-state index in [0.29, 0.717) is 0 Å². The second-order valence-corrected chi connectivity index (χ2v) is 2.33. The number of imide groups is 2. The van der Waals surface area contributed by atoms with Crippen LogP contribution in [0.4, 0.5) is 9.59 Å². The Kier molecular flexibility index (Phi) is 5.91. The van der Waals surface area contributed by atoms with Gasteiger partial charge in [-0.3, -0.25) is 0 Å². The molecule has 0 heterocycles. The zero-order chi connectivity index (χ0) is 11.8. The maximum absolute atomic E-state index is 10.6. The fraction of sp³-hybridized carbons (Fsp3) is 0.167. The number of rotatable bonds is 1. The molecule has 83 valence electrons. The number of hydrogen-bond donors (Lipinski definition) is 2. The van der Waals surface area contributed by atoms with Crippen LogP contribution in [0.5, 0.6) is 0 Å². The first-order chi connectivity index (χ1) is 6.95. The zero-order valence-corrected chi connectivity index (χ0v) is 8.48. The summed E-state index contributed by atoms with van der Waals surface area (Å²) in [4.78, 5) is 50.4. The van der Waals surface area contributed by atoms with E-state index in [1.807, 2.05) is 0 Å². The monoisotopic (exact) mass is 258 g/mol. The Morgan fingerprint density at radius 2 is 1.53 bits per heavy atom. The number of nitrogens with one attached hydrogen (secondary N) is 2. The Morgan fingerprint density at radius 1 is 1.07 bits per heavy atom. The van der Waals surface area contributed by atoms with Crippen molar-refractivity contribution < 1.29 is 44.5 Å². The number of hydrogen-bond acceptors (Lipinski definition) is 6. The molecule has 0 saturated heterocycles. The van der Waals surface area contributed by atoms with Crippen LogP contribution in [-0.2, 0) is 34.9 Å². The molecule has 0 fully saturated rings. The van der Waals surface area contributed by atoms with Gasteiger partial charge in [-0.2, -0.15) is 0 Å². The minimum absolute atomic E-state index is 0.689. The van der Waals surface area contributed by atoms with E-state index in [9.17, 15) is 19.2 Å². The van der Waals surface area contributed by atoms with Crippen molar-refractivity contribution in [2.75, 3.05) is 0 Å². The molecule has 0 atom stereocenters. The van der Waals surface area contributed by atoms with Gasteiger partial charge in [0.2, 0.25) is 0 Å². The zero-order valence-electron chi connectivity index (χ0n) is 7.38. The van der Waals surface area contributed by atoms with Crippen LogP contribution >= 0.6 is 0 Å². The summed E-state index contributed by atoms with van der Waals surface area (Å²) in [6.45, 7) is 1.06. The summed E-state index contributed by atoms with van der Waals surface area (Å²) >= 11 is 3.06. The fourth-order valence-electron chi connectivity index (χ4n) is 0.387. The van der Waals surface area contributed by atoms with Gasteiger partial charge in [-0.15, -0.1) is 0 Å². The molecule has 2 N–H and O–H groups in total. The van der Waals surface area contributed by atoms with Gasteiger partial charge in [-0.1, -0.05) is 0 Å². The molecule has 9 heteroatoms. The second kappa shape index (κ2) is 6.68.